The average Bonchev–Trinajstić information content (AvgIpc) is 2.74. The molecule has 4 nitrogen and oxygen atoms in total. The molecule has 2 aromatic carbocycles. The van der Waals surface area contributed by atoms with E-state index in [0.717, 1.165) is 22.4 Å². The number of benzene rings is 2. The predicted octanol–water partition coefficient (Wildman–Crippen LogP) is 4.35. The van der Waals surface area contributed by atoms with Crippen molar-refractivity contribution in [3.8, 4) is 5.75 Å². The molecule has 1 saturated heterocycles. The molecule has 148 valence electrons. The van der Waals surface area contributed by atoms with E-state index in [-0.39, 0.29) is 5.91 Å². The van der Waals surface area contributed by atoms with Crippen LogP contribution in [0.15, 0.2) is 66.7 Å². The first kappa shape index (κ1) is 20.2. The van der Waals surface area contributed by atoms with Gasteiger partial charge in [0, 0.05) is 26.3 Å². The maximum Gasteiger partial charge on any atom is 0.233 e. The molecule has 2 aromatic rings. The Morgan fingerprint density at radius 1 is 1.11 bits per heavy atom. The topological polar surface area (TPSA) is 38.8 Å². The van der Waals surface area contributed by atoms with Gasteiger partial charge in [0.1, 0.15) is 5.75 Å². The molecule has 4 heteroatoms. The molecule has 0 aromatic heterocycles. The summed E-state index contributed by atoms with van der Waals surface area (Å²) in [6.45, 7) is 8.31. The summed E-state index contributed by atoms with van der Waals surface area (Å²) >= 11 is 0. The number of methoxy groups -OCH3 is 1. The minimum Gasteiger partial charge on any atom is -0.497 e. The minimum atomic E-state index is -0.575. The monoisotopic (exact) mass is 379 g/mol. The van der Waals surface area contributed by atoms with Gasteiger partial charge in [-0.2, -0.15) is 0 Å². The van der Waals surface area contributed by atoms with Crippen molar-refractivity contribution < 1.29 is 14.3 Å². The Labute approximate surface area is 167 Å². The lowest BCUT2D eigenvalue weighted by Gasteiger charge is -2.40. The molecule has 0 unspecified atom stereocenters. The zero-order valence-electron chi connectivity index (χ0n) is 16.8. The Kier molecular flexibility index (Phi) is 6.53. The summed E-state index contributed by atoms with van der Waals surface area (Å²) in [4.78, 5) is 15.9. The first-order valence-electron chi connectivity index (χ1n) is 9.75. The molecule has 3 rings (SSSR count). The van der Waals surface area contributed by atoms with E-state index in [4.69, 9.17) is 9.47 Å². The van der Waals surface area contributed by atoms with Crippen molar-refractivity contribution in [1.29, 1.82) is 0 Å². The van der Waals surface area contributed by atoms with Crippen LogP contribution in [0.1, 0.15) is 30.9 Å². The van der Waals surface area contributed by atoms with Gasteiger partial charge in [0.25, 0.3) is 0 Å². The van der Waals surface area contributed by atoms with Crippen molar-refractivity contribution in [3.63, 3.8) is 0 Å². The Hall–Kier alpha value is -2.59. The number of carbonyl (C=O) groups excluding carboxylic acids is 1. The Bertz CT molecular complexity index is 792. The molecule has 0 bridgehead atoms. The number of hydrogen-bond donors (Lipinski definition) is 0. The third-order valence-corrected chi connectivity index (χ3v) is 5.36. The third-order valence-electron chi connectivity index (χ3n) is 5.36. The highest BCUT2D eigenvalue weighted by molar-refractivity contribution is 5.88. The standard InChI is InChI=1S/C24H29NO3/c1-19(2)17-25(18-20-7-5-4-6-8-20)23(26)24(13-15-28-16-14-24)21-9-11-22(27-3)12-10-21/h4-12H,1,13-18H2,2-3H3. The molecule has 0 N–H and O–H groups in total. The maximum absolute atomic E-state index is 13.9. The summed E-state index contributed by atoms with van der Waals surface area (Å²) in [5.74, 6) is 0.939. The average molecular weight is 380 g/mol. The van der Waals surface area contributed by atoms with Gasteiger partial charge in [0.15, 0.2) is 0 Å². The molecule has 1 aliphatic rings. The normalized spacial score (nSPS) is 15.6. The molecule has 0 spiro atoms. The molecule has 0 atom stereocenters. The number of carbonyl (C=O) groups is 1. The lowest BCUT2D eigenvalue weighted by Crippen LogP contribution is -2.50. The number of rotatable bonds is 7. The number of nitrogens with zero attached hydrogens (tertiary/aromatic N) is 1. The zero-order valence-corrected chi connectivity index (χ0v) is 16.8. The zero-order chi connectivity index (χ0) is 20.0. The van der Waals surface area contributed by atoms with Crippen molar-refractivity contribution in [2.45, 2.75) is 31.7 Å². The van der Waals surface area contributed by atoms with E-state index >= 15 is 0 Å². The van der Waals surface area contributed by atoms with Crippen LogP contribution in [0.2, 0.25) is 0 Å². The minimum absolute atomic E-state index is 0.146. The van der Waals surface area contributed by atoms with Crippen LogP contribution in [0.3, 0.4) is 0 Å². The molecule has 0 radical (unpaired) electrons. The third kappa shape index (κ3) is 4.45. The van der Waals surface area contributed by atoms with Crippen molar-refractivity contribution >= 4 is 5.91 Å². The summed E-state index contributed by atoms with van der Waals surface area (Å²) < 4.78 is 10.9. The van der Waals surface area contributed by atoms with Crippen LogP contribution in [-0.2, 0) is 21.5 Å². The molecule has 1 heterocycles. The molecule has 0 aliphatic carbocycles. The smallest absolute Gasteiger partial charge is 0.233 e. The summed E-state index contributed by atoms with van der Waals surface area (Å²) in [6.07, 6.45) is 1.36. The second-order valence-electron chi connectivity index (χ2n) is 7.53. The second-order valence-corrected chi connectivity index (χ2v) is 7.53. The fourth-order valence-electron chi connectivity index (χ4n) is 3.89. The molecule has 1 amide bonds. The van der Waals surface area contributed by atoms with Gasteiger partial charge in [0.2, 0.25) is 5.91 Å². The number of amides is 1. The van der Waals surface area contributed by atoms with Crippen molar-refractivity contribution in [1.82, 2.24) is 4.90 Å². The summed E-state index contributed by atoms with van der Waals surface area (Å²) in [5, 5.41) is 0. The predicted molar refractivity (Wildman–Crippen MR) is 111 cm³/mol. The first-order valence-corrected chi connectivity index (χ1v) is 9.75. The van der Waals surface area contributed by atoms with E-state index in [1.807, 2.05) is 54.3 Å². The van der Waals surface area contributed by atoms with Crippen molar-refractivity contribution in [3.05, 3.63) is 77.9 Å². The molecule has 1 aliphatic heterocycles. The van der Waals surface area contributed by atoms with Gasteiger partial charge in [-0.25, -0.2) is 0 Å². The highest BCUT2D eigenvalue weighted by atomic mass is 16.5. The van der Waals surface area contributed by atoms with Crippen LogP contribution in [0.5, 0.6) is 5.75 Å². The van der Waals surface area contributed by atoms with E-state index in [0.29, 0.717) is 39.1 Å². The van der Waals surface area contributed by atoms with Crippen LogP contribution < -0.4 is 4.74 Å². The highest BCUT2D eigenvalue weighted by Gasteiger charge is 2.44. The molecule has 1 fully saturated rings. The Balaban J connectivity index is 1.95. The second kappa shape index (κ2) is 9.07. The quantitative estimate of drug-likeness (QED) is 0.672. The fraction of sp³-hybridized carbons (Fsp3) is 0.375. The van der Waals surface area contributed by atoms with Gasteiger partial charge >= 0.3 is 0 Å². The van der Waals surface area contributed by atoms with Crippen LogP contribution in [0.25, 0.3) is 0 Å². The van der Waals surface area contributed by atoms with E-state index in [9.17, 15) is 4.79 Å². The van der Waals surface area contributed by atoms with Crippen LogP contribution in [0, 0.1) is 0 Å². The molecular weight excluding hydrogens is 350 g/mol. The van der Waals surface area contributed by atoms with Crippen LogP contribution >= 0.6 is 0 Å². The largest absolute Gasteiger partial charge is 0.497 e. The van der Waals surface area contributed by atoms with E-state index in [1.54, 1.807) is 7.11 Å². The van der Waals surface area contributed by atoms with Crippen molar-refractivity contribution in [2.24, 2.45) is 0 Å². The lowest BCUT2D eigenvalue weighted by molar-refractivity contribution is -0.141. The van der Waals surface area contributed by atoms with Crippen LogP contribution in [0.4, 0.5) is 0 Å². The summed E-state index contributed by atoms with van der Waals surface area (Å²) in [7, 11) is 1.65. The first-order chi connectivity index (χ1) is 13.5. The molecule has 0 saturated carbocycles. The highest BCUT2D eigenvalue weighted by Crippen LogP contribution is 2.38. The maximum atomic E-state index is 13.9. The van der Waals surface area contributed by atoms with Gasteiger partial charge in [-0.15, -0.1) is 0 Å². The summed E-state index contributed by atoms with van der Waals surface area (Å²) in [5.41, 5.74) is 2.55. The van der Waals surface area contributed by atoms with E-state index < -0.39 is 5.41 Å². The lowest BCUT2D eigenvalue weighted by atomic mass is 9.72. The Morgan fingerprint density at radius 2 is 1.75 bits per heavy atom. The fourth-order valence-corrected chi connectivity index (χ4v) is 3.89. The molecular formula is C24H29NO3. The number of hydrogen-bond acceptors (Lipinski definition) is 3. The van der Waals surface area contributed by atoms with Gasteiger partial charge in [0.05, 0.1) is 12.5 Å². The van der Waals surface area contributed by atoms with E-state index in [2.05, 4.69) is 18.7 Å². The van der Waals surface area contributed by atoms with Crippen molar-refractivity contribution in [2.75, 3.05) is 26.9 Å². The van der Waals surface area contributed by atoms with Gasteiger partial charge in [-0.05, 0) is 43.0 Å². The van der Waals surface area contributed by atoms with Gasteiger partial charge in [-0.1, -0.05) is 54.6 Å². The summed E-state index contributed by atoms with van der Waals surface area (Å²) in [6, 6.07) is 18.0. The van der Waals surface area contributed by atoms with Gasteiger partial charge < -0.3 is 14.4 Å². The Morgan fingerprint density at radius 3 is 2.32 bits per heavy atom. The van der Waals surface area contributed by atoms with E-state index in [1.165, 1.54) is 0 Å². The number of ether oxygens (including phenoxy) is 2. The van der Waals surface area contributed by atoms with Crippen LogP contribution in [-0.4, -0.2) is 37.7 Å². The van der Waals surface area contributed by atoms with Gasteiger partial charge in [-0.3, -0.25) is 4.79 Å². The molecule has 28 heavy (non-hydrogen) atoms. The SMILES string of the molecule is C=C(C)CN(Cc1ccccc1)C(=O)C1(c2ccc(OC)cc2)CCOCC1.